The number of unbranched alkanes of at least 4 members (excludes halogenated alkanes) is 13. The molecule has 0 saturated heterocycles. The molecule has 0 N–H and O–H groups in total. The summed E-state index contributed by atoms with van der Waals surface area (Å²) >= 11 is 0. The summed E-state index contributed by atoms with van der Waals surface area (Å²) in [5.41, 5.74) is 1.53. The van der Waals surface area contributed by atoms with Crippen LogP contribution >= 0.6 is 0 Å². The number of aryl methyl sites for hydroxylation is 1. The van der Waals surface area contributed by atoms with Gasteiger partial charge in [-0.2, -0.15) is 0 Å². The van der Waals surface area contributed by atoms with Gasteiger partial charge in [0.25, 0.3) is 11.8 Å². The smallest absolute Gasteiger partial charge is 0.265 e. The second-order valence-corrected chi connectivity index (χ2v) is 12.6. The number of ether oxygens (including phenoxy) is 3. The van der Waals surface area contributed by atoms with Crippen molar-refractivity contribution in [1.82, 2.24) is 4.90 Å². The first-order valence-corrected chi connectivity index (χ1v) is 18.3. The molecule has 8 heteroatoms. The molecule has 0 unspecified atom stereocenters. The highest BCUT2D eigenvalue weighted by Crippen LogP contribution is 2.30. The Morgan fingerprint density at radius 2 is 1.22 bits per heavy atom. The average molecular weight is 787 g/mol. The molecule has 49 heavy (non-hydrogen) atoms. The van der Waals surface area contributed by atoms with Crippen molar-refractivity contribution in [3.63, 3.8) is 0 Å². The lowest BCUT2D eigenvalue weighted by atomic mass is 10.0. The van der Waals surface area contributed by atoms with E-state index in [1.165, 1.54) is 89.1 Å². The standard InChI is InChI=1S/C41H59N2O5.HI/c1-5-7-8-9-10-11-12-13-14-15-16-17-18-23-31-48-38-28-27-34(32-39(38)47-4)40(44)43(33-35-24-21-22-30-42(35)29-6-2)41(45)36-25-19-20-26-37(36)46-3;/h19-22,24-28,30,32H,5-18,23,29,31,33H2,1-4H3;1H/q+1;/p-1. The van der Waals surface area contributed by atoms with Gasteiger partial charge in [-0.25, -0.2) is 4.57 Å². The Balaban J connectivity index is 0.00000833. The lowest BCUT2D eigenvalue weighted by molar-refractivity contribution is -0.704. The van der Waals surface area contributed by atoms with Gasteiger partial charge in [0, 0.05) is 24.1 Å². The fraction of sp³-hybridized carbons (Fsp3) is 0.537. The zero-order valence-corrected chi connectivity index (χ0v) is 32.5. The number of imide groups is 1. The van der Waals surface area contributed by atoms with Crippen molar-refractivity contribution in [2.45, 2.75) is 123 Å². The number of benzene rings is 2. The Kier molecular flexibility index (Phi) is 21.4. The van der Waals surface area contributed by atoms with Gasteiger partial charge < -0.3 is 38.2 Å². The van der Waals surface area contributed by atoms with Gasteiger partial charge in [0.05, 0.1) is 26.4 Å². The van der Waals surface area contributed by atoms with Crippen LogP contribution in [0.15, 0.2) is 66.9 Å². The van der Waals surface area contributed by atoms with Crippen LogP contribution in [0, 0.1) is 0 Å². The molecule has 0 atom stereocenters. The largest absolute Gasteiger partial charge is 1.00 e. The normalized spacial score (nSPS) is 10.7. The molecule has 0 aliphatic heterocycles. The zero-order chi connectivity index (χ0) is 34.4. The number of carbonyl (C=O) groups is 2. The third-order valence-corrected chi connectivity index (χ3v) is 8.81. The molecule has 2 aromatic carbocycles. The molecular weight excluding hydrogens is 727 g/mol. The Labute approximate surface area is 312 Å². The number of para-hydroxylation sites is 1. The molecule has 0 spiro atoms. The van der Waals surface area contributed by atoms with Crippen molar-refractivity contribution in [2.75, 3.05) is 20.8 Å². The van der Waals surface area contributed by atoms with Crippen LogP contribution in [-0.2, 0) is 13.1 Å². The van der Waals surface area contributed by atoms with Gasteiger partial charge in [0.1, 0.15) is 18.8 Å². The number of rotatable bonds is 24. The molecular formula is C41H59IN2O5. The summed E-state index contributed by atoms with van der Waals surface area (Å²) in [6, 6.07) is 17.9. The van der Waals surface area contributed by atoms with Crippen molar-refractivity contribution in [1.29, 1.82) is 0 Å². The Bertz CT molecular complexity index is 1380. The predicted molar refractivity (Wildman–Crippen MR) is 193 cm³/mol. The van der Waals surface area contributed by atoms with Crippen molar-refractivity contribution in [3.05, 3.63) is 83.7 Å². The zero-order valence-electron chi connectivity index (χ0n) is 30.4. The number of methoxy groups -OCH3 is 2. The van der Waals surface area contributed by atoms with E-state index in [-0.39, 0.29) is 30.5 Å². The minimum atomic E-state index is -0.429. The lowest BCUT2D eigenvalue weighted by Gasteiger charge is -2.22. The van der Waals surface area contributed by atoms with E-state index in [0.29, 0.717) is 35.0 Å². The fourth-order valence-electron chi connectivity index (χ4n) is 6.03. The van der Waals surface area contributed by atoms with Crippen LogP contribution in [-0.4, -0.2) is 37.5 Å². The summed E-state index contributed by atoms with van der Waals surface area (Å²) in [5.74, 6) is 0.627. The van der Waals surface area contributed by atoms with Gasteiger partial charge in [0.15, 0.2) is 17.7 Å². The first-order chi connectivity index (χ1) is 23.5. The number of halogens is 1. The molecule has 0 aliphatic carbocycles. The summed E-state index contributed by atoms with van der Waals surface area (Å²) in [4.78, 5) is 29.3. The van der Waals surface area contributed by atoms with Gasteiger partial charge in [0.2, 0.25) is 5.69 Å². The summed E-state index contributed by atoms with van der Waals surface area (Å²) in [6.45, 7) is 5.84. The van der Waals surface area contributed by atoms with Gasteiger partial charge in [-0.1, -0.05) is 116 Å². The van der Waals surface area contributed by atoms with Crippen molar-refractivity contribution in [3.8, 4) is 17.2 Å². The van der Waals surface area contributed by atoms with Crippen LogP contribution in [0.5, 0.6) is 17.2 Å². The van der Waals surface area contributed by atoms with E-state index >= 15 is 0 Å². The number of hydrogen-bond acceptors (Lipinski definition) is 5. The van der Waals surface area contributed by atoms with E-state index in [2.05, 4.69) is 18.4 Å². The molecule has 7 nitrogen and oxygen atoms in total. The van der Waals surface area contributed by atoms with Crippen LogP contribution in [0.1, 0.15) is 137 Å². The van der Waals surface area contributed by atoms with E-state index in [9.17, 15) is 9.59 Å². The van der Waals surface area contributed by atoms with Gasteiger partial charge in [-0.3, -0.25) is 14.5 Å². The monoisotopic (exact) mass is 786 g/mol. The third kappa shape index (κ3) is 14.3. The minimum absolute atomic E-state index is 0. The van der Waals surface area contributed by atoms with Crippen LogP contribution in [0.2, 0.25) is 0 Å². The summed E-state index contributed by atoms with van der Waals surface area (Å²) in [5, 5.41) is 0. The highest BCUT2D eigenvalue weighted by atomic mass is 127. The number of hydrogen-bond donors (Lipinski definition) is 0. The lowest BCUT2D eigenvalue weighted by Crippen LogP contribution is -3.00. The van der Waals surface area contributed by atoms with E-state index in [4.69, 9.17) is 14.2 Å². The van der Waals surface area contributed by atoms with E-state index in [1.807, 2.05) is 24.4 Å². The topological polar surface area (TPSA) is 69.0 Å². The van der Waals surface area contributed by atoms with E-state index in [1.54, 1.807) is 49.6 Å². The SMILES string of the molecule is CCCCCCCCCCCCCCCCOc1ccc(C(=O)N(Cc2cccc[n+]2CCC)C(=O)c2ccccc2OC)cc1OC.[I-]. The van der Waals surface area contributed by atoms with E-state index < -0.39 is 11.8 Å². The van der Waals surface area contributed by atoms with Crippen LogP contribution in [0.3, 0.4) is 0 Å². The number of amides is 2. The molecule has 0 saturated carbocycles. The van der Waals surface area contributed by atoms with Gasteiger partial charge in [-0.15, -0.1) is 0 Å². The van der Waals surface area contributed by atoms with Crippen molar-refractivity contribution < 1.29 is 52.3 Å². The van der Waals surface area contributed by atoms with Gasteiger partial charge in [-0.05, 0) is 36.8 Å². The number of carbonyl (C=O) groups excluding carboxylic acids is 2. The third-order valence-electron chi connectivity index (χ3n) is 8.81. The minimum Gasteiger partial charge on any atom is -1.00 e. The Hall–Kier alpha value is -3.14. The summed E-state index contributed by atoms with van der Waals surface area (Å²) < 4.78 is 19.3. The molecule has 270 valence electrons. The van der Waals surface area contributed by atoms with Crippen LogP contribution < -0.4 is 42.8 Å². The Morgan fingerprint density at radius 3 is 1.84 bits per heavy atom. The molecule has 1 heterocycles. The number of aromatic nitrogens is 1. The molecule has 0 fully saturated rings. The maximum Gasteiger partial charge on any atom is 0.265 e. The van der Waals surface area contributed by atoms with Crippen molar-refractivity contribution in [2.24, 2.45) is 0 Å². The highest BCUT2D eigenvalue weighted by Gasteiger charge is 2.30. The average Bonchev–Trinajstić information content (AvgIpc) is 3.12. The molecule has 3 aromatic rings. The highest BCUT2D eigenvalue weighted by molar-refractivity contribution is 6.11. The first-order valence-electron chi connectivity index (χ1n) is 18.3. The maximum atomic E-state index is 14.1. The van der Waals surface area contributed by atoms with Crippen molar-refractivity contribution >= 4 is 11.8 Å². The fourth-order valence-corrected chi connectivity index (χ4v) is 6.03. The van der Waals surface area contributed by atoms with Crippen LogP contribution in [0.4, 0.5) is 0 Å². The molecule has 0 bridgehead atoms. The van der Waals surface area contributed by atoms with Crippen LogP contribution in [0.25, 0.3) is 0 Å². The van der Waals surface area contributed by atoms with Gasteiger partial charge >= 0.3 is 0 Å². The summed E-state index contributed by atoms with van der Waals surface area (Å²) in [7, 11) is 3.09. The first kappa shape index (κ1) is 42.0. The molecule has 1 aromatic heterocycles. The summed E-state index contributed by atoms with van der Waals surface area (Å²) in [6.07, 6.45) is 21.2. The Morgan fingerprint density at radius 1 is 0.633 bits per heavy atom. The molecule has 0 aliphatic rings. The second kappa shape index (κ2) is 24.9. The molecule has 3 rings (SSSR count). The maximum absolute atomic E-state index is 14.1. The number of nitrogens with zero attached hydrogens (tertiary/aromatic N) is 2. The predicted octanol–water partition coefficient (Wildman–Crippen LogP) is 6.75. The quantitative estimate of drug-likeness (QED) is 0.0436. The molecule has 2 amide bonds. The number of pyridine rings is 1. The molecule has 0 radical (unpaired) electrons. The second-order valence-electron chi connectivity index (χ2n) is 12.6. The van der Waals surface area contributed by atoms with E-state index in [0.717, 1.165) is 31.5 Å².